The fraction of sp³-hybridized carbons (Fsp3) is 0.875. The van der Waals surface area contributed by atoms with Crippen molar-refractivity contribution in [3.05, 3.63) is 0 Å². The topological polar surface area (TPSA) is 63.3 Å². The van der Waals surface area contributed by atoms with Crippen molar-refractivity contribution in [1.82, 2.24) is 0 Å². The highest BCUT2D eigenvalue weighted by atomic mass is 32.2. The van der Waals surface area contributed by atoms with Crippen LogP contribution >= 0.6 is 11.8 Å². The molecule has 3 N–H and O–H groups in total. The normalized spacial score (nSPS) is 16.1. The highest BCUT2D eigenvalue weighted by Gasteiger charge is 2.27. The average Bonchev–Trinajstić information content (AvgIpc) is 1.83. The predicted molar refractivity (Wildman–Crippen MR) is 52.4 cm³/mol. The molecule has 72 valence electrons. The molecule has 0 aromatic rings. The van der Waals surface area contributed by atoms with E-state index in [0.717, 1.165) is 0 Å². The van der Waals surface area contributed by atoms with E-state index in [0.29, 0.717) is 11.8 Å². The monoisotopic (exact) mass is 191 g/mol. The minimum absolute atomic E-state index is 0.131. The minimum atomic E-state index is -0.781. The van der Waals surface area contributed by atoms with Crippen molar-refractivity contribution in [3.63, 3.8) is 0 Å². The molecule has 0 radical (unpaired) electrons. The van der Waals surface area contributed by atoms with Gasteiger partial charge in [0.25, 0.3) is 0 Å². The number of carboxylic acid groups (broad SMARTS) is 1. The minimum Gasteiger partial charge on any atom is -0.481 e. The van der Waals surface area contributed by atoms with Gasteiger partial charge in [-0.2, -0.15) is 11.8 Å². The van der Waals surface area contributed by atoms with Gasteiger partial charge in [-0.25, -0.2) is 0 Å². The van der Waals surface area contributed by atoms with Gasteiger partial charge in [-0.05, 0) is 12.2 Å². The van der Waals surface area contributed by atoms with Crippen LogP contribution in [0.2, 0.25) is 0 Å². The van der Waals surface area contributed by atoms with Gasteiger partial charge in [-0.1, -0.05) is 13.8 Å². The van der Waals surface area contributed by atoms with Crippen molar-refractivity contribution in [2.75, 3.05) is 6.54 Å². The lowest BCUT2D eigenvalue weighted by atomic mass is 10.1. The third-order valence-electron chi connectivity index (χ3n) is 1.48. The second kappa shape index (κ2) is 4.72. The maximum atomic E-state index is 10.5. The number of aliphatic carboxylic acids is 1. The molecule has 0 aromatic heterocycles. The Morgan fingerprint density at radius 3 is 2.42 bits per heavy atom. The molecular formula is C8H17NO2S. The molecule has 0 saturated carbocycles. The van der Waals surface area contributed by atoms with Crippen molar-refractivity contribution >= 4 is 17.7 Å². The Hall–Kier alpha value is -0.220. The van der Waals surface area contributed by atoms with Crippen LogP contribution in [0.15, 0.2) is 0 Å². The lowest BCUT2D eigenvalue weighted by molar-refractivity contribution is -0.137. The van der Waals surface area contributed by atoms with Crippen molar-refractivity contribution in [2.45, 2.75) is 37.2 Å². The van der Waals surface area contributed by atoms with Crippen LogP contribution in [0.25, 0.3) is 0 Å². The van der Waals surface area contributed by atoms with E-state index in [1.807, 2.05) is 20.8 Å². The molecule has 0 heterocycles. The van der Waals surface area contributed by atoms with Crippen molar-refractivity contribution in [3.8, 4) is 0 Å². The maximum Gasteiger partial charge on any atom is 0.304 e. The molecule has 4 heteroatoms. The van der Waals surface area contributed by atoms with E-state index in [1.165, 1.54) is 0 Å². The first-order valence-electron chi connectivity index (χ1n) is 3.99. The number of thioether (sulfide) groups is 1. The molecule has 0 aromatic carbocycles. The molecule has 0 bridgehead atoms. The molecule has 0 amide bonds. The third kappa shape index (κ3) is 4.62. The van der Waals surface area contributed by atoms with Crippen molar-refractivity contribution in [2.24, 2.45) is 5.73 Å². The van der Waals surface area contributed by atoms with Crippen LogP contribution in [-0.4, -0.2) is 27.6 Å². The summed E-state index contributed by atoms with van der Waals surface area (Å²) in [6.45, 7) is 6.38. The fourth-order valence-corrected chi connectivity index (χ4v) is 2.49. The van der Waals surface area contributed by atoms with E-state index in [4.69, 9.17) is 10.8 Å². The molecule has 0 aliphatic rings. The molecule has 0 saturated heterocycles. The van der Waals surface area contributed by atoms with Gasteiger partial charge in [0.05, 0.1) is 6.42 Å². The number of carboxylic acids is 1. The summed E-state index contributed by atoms with van der Waals surface area (Å²) in [5.74, 6) is -0.781. The Kier molecular flexibility index (Phi) is 4.63. The van der Waals surface area contributed by atoms with Crippen molar-refractivity contribution < 1.29 is 9.90 Å². The van der Waals surface area contributed by atoms with E-state index < -0.39 is 5.97 Å². The van der Waals surface area contributed by atoms with E-state index in [1.54, 1.807) is 11.8 Å². The zero-order valence-corrected chi connectivity index (χ0v) is 8.65. The van der Waals surface area contributed by atoms with Crippen LogP contribution in [0.1, 0.15) is 27.2 Å². The molecule has 0 fully saturated rings. The summed E-state index contributed by atoms with van der Waals surface area (Å²) in [6, 6.07) is 0. The number of rotatable bonds is 5. The summed E-state index contributed by atoms with van der Waals surface area (Å²) >= 11 is 1.62. The van der Waals surface area contributed by atoms with Gasteiger partial charge < -0.3 is 10.8 Å². The standard InChI is InChI=1S/C8H17NO2S/c1-6(2)12-8(3,5-9)4-7(10)11/h6H,4-5,9H2,1-3H3,(H,10,11). The smallest absolute Gasteiger partial charge is 0.304 e. The van der Waals surface area contributed by atoms with Crippen LogP contribution in [0.5, 0.6) is 0 Å². The van der Waals surface area contributed by atoms with Gasteiger partial charge in [0.2, 0.25) is 0 Å². The Bertz CT molecular complexity index is 161. The van der Waals surface area contributed by atoms with E-state index in [-0.39, 0.29) is 11.2 Å². The molecule has 1 unspecified atom stereocenters. The SMILES string of the molecule is CC(C)SC(C)(CN)CC(=O)O. The summed E-state index contributed by atoms with van der Waals surface area (Å²) in [7, 11) is 0. The van der Waals surface area contributed by atoms with Crippen molar-refractivity contribution in [1.29, 1.82) is 0 Å². The van der Waals surface area contributed by atoms with Crippen LogP contribution in [-0.2, 0) is 4.79 Å². The van der Waals surface area contributed by atoms with Crippen LogP contribution in [0.3, 0.4) is 0 Å². The quantitative estimate of drug-likeness (QED) is 0.688. The second-order valence-corrected chi connectivity index (χ2v) is 5.56. The zero-order chi connectivity index (χ0) is 9.78. The summed E-state index contributed by atoms with van der Waals surface area (Å²) < 4.78 is -0.319. The zero-order valence-electron chi connectivity index (χ0n) is 7.83. The van der Waals surface area contributed by atoms with E-state index in [9.17, 15) is 4.79 Å². The van der Waals surface area contributed by atoms with E-state index >= 15 is 0 Å². The fourth-order valence-electron chi connectivity index (χ4n) is 1.05. The maximum absolute atomic E-state index is 10.5. The Balaban J connectivity index is 4.13. The summed E-state index contributed by atoms with van der Waals surface area (Å²) in [4.78, 5) is 10.5. The third-order valence-corrected chi connectivity index (χ3v) is 2.83. The molecule has 12 heavy (non-hydrogen) atoms. The summed E-state index contributed by atoms with van der Waals surface area (Å²) in [6.07, 6.45) is 0.131. The lowest BCUT2D eigenvalue weighted by Gasteiger charge is -2.27. The van der Waals surface area contributed by atoms with Gasteiger partial charge in [-0.3, -0.25) is 4.79 Å². The molecule has 3 nitrogen and oxygen atoms in total. The Labute approximate surface area is 77.7 Å². The average molecular weight is 191 g/mol. The molecule has 0 aliphatic carbocycles. The number of hydrogen-bond acceptors (Lipinski definition) is 3. The molecule has 0 spiro atoms. The lowest BCUT2D eigenvalue weighted by Crippen LogP contribution is -2.34. The highest BCUT2D eigenvalue weighted by Crippen LogP contribution is 2.31. The summed E-state index contributed by atoms with van der Waals surface area (Å²) in [5.41, 5.74) is 5.52. The first-order chi connectivity index (χ1) is 5.39. The molecule has 1 atom stereocenters. The van der Waals surface area contributed by atoms with Gasteiger partial charge in [0, 0.05) is 11.3 Å². The molecule has 0 aliphatic heterocycles. The van der Waals surface area contributed by atoms with Crippen LogP contribution in [0.4, 0.5) is 0 Å². The van der Waals surface area contributed by atoms with E-state index in [2.05, 4.69) is 0 Å². The Morgan fingerprint density at radius 2 is 2.17 bits per heavy atom. The van der Waals surface area contributed by atoms with Crippen LogP contribution < -0.4 is 5.73 Å². The predicted octanol–water partition coefficient (Wildman–Crippen LogP) is 1.32. The number of carbonyl (C=O) groups is 1. The molecule has 0 rings (SSSR count). The second-order valence-electron chi connectivity index (χ2n) is 3.39. The van der Waals surface area contributed by atoms with Gasteiger partial charge >= 0.3 is 5.97 Å². The molecular weight excluding hydrogens is 174 g/mol. The van der Waals surface area contributed by atoms with Gasteiger partial charge in [0.1, 0.15) is 0 Å². The Morgan fingerprint density at radius 1 is 1.67 bits per heavy atom. The van der Waals surface area contributed by atoms with Crippen LogP contribution in [0, 0.1) is 0 Å². The first-order valence-corrected chi connectivity index (χ1v) is 4.87. The largest absolute Gasteiger partial charge is 0.481 e. The first kappa shape index (κ1) is 11.8. The summed E-state index contributed by atoms with van der Waals surface area (Å²) in [5, 5.41) is 9.04. The van der Waals surface area contributed by atoms with Gasteiger partial charge in [-0.15, -0.1) is 0 Å². The number of hydrogen-bond donors (Lipinski definition) is 2. The van der Waals surface area contributed by atoms with Gasteiger partial charge in [0.15, 0.2) is 0 Å². The number of nitrogens with two attached hydrogens (primary N) is 1. The highest BCUT2D eigenvalue weighted by molar-refractivity contribution is 8.01.